The summed E-state index contributed by atoms with van der Waals surface area (Å²) in [6, 6.07) is 13.5. The fourth-order valence-corrected chi connectivity index (χ4v) is 5.86. The third-order valence-corrected chi connectivity index (χ3v) is 7.68. The van der Waals surface area contributed by atoms with Crippen molar-refractivity contribution < 1.29 is 18.7 Å². The topological polar surface area (TPSA) is 108 Å². The van der Waals surface area contributed by atoms with E-state index < -0.39 is 17.5 Å². The molecule has 1 saturated heterocycles. The standard InChI is InChI=1S/C30H28FN5O3S/c1-30(2,3)39-29(38)35-21-5-4-12-36(17-21)28(37)26-15-22(18-6-7-20(16-32)23(31)13-18)27(40-26)19-8-9-24-25(14-19)34-11-10-33-24/h6-11,13-15,21H,4-5,12,17H2,1-3H3,(H,35,38)/t21-/m1/s1. The number of carbonyl (C=O) groups excluding carboxylic acids is 2. The SMILES string of the molecule is CC(C)(C)OC(=O)N[C@@H]1CCCN(C(=O)c2cc(-c3ccc(C#N)c(F)c3)c(-c3ccc4nccnc4c3)s2)C1. The summed E-state index contributed by atoms with van der Waals surface area (Å²) in [5.74, 6) is -0.788. The van der Waals surface area contributed by atoms with Crippen molar-refractivity contribution in [1.82, 2.24) is 20.2 Å². The van der Waals surface area contributed by atoms with Crippen LogP contribution < -0.4 is 5.32 Å². The largest absolute Gasteiger partial charge is 0.444 e. The number of hydrogen-bond donors (Lipinski definition) is 1. The number of hydrogen-bond acceptors (Lipinski definition) is 7. The minimum atomic E-state index is -0.624. The molecule has 40 heavy (non-hydrogen) atoms. The van der Waals surface area contributed by atoms with Gasteiger partial charge in [-0.15, -0.1) is 11.3 Å². The number of benzene rings is 2. The number of fused-ring (bicyclic) bond motifs is 1. The van der Waals surface area contributed by atoms with E-state index in [-0.39, 0.29) is 17.5 Å². The number of aromatic nitrogens is 2. The normalized spacial score (nSPS) is 15.5. The number of thiophene rings is 1. The lowest BCUT2D eigenvalue weighted by Gasteiger charge is -2.33. The van der Waals surface area contributed by atoms with Crippen molar-refractivity contribution in [3.05, 3.63) is 71.1 Å². The van der Waals surface area contributed by atoms with Crippen LogP contribution in [0.4, 0.5) is 9.18 Å². The predicted octanol–water partition coefficient (Wildman–Crippen LogP) is 6.17. The molecular weight excluding hydrogens is 529 g/mol. The summed E-state index contributed by atoms with van der Waals surface area (Å²) in [6.07, 6.45) is 4.21. The number of nitrogens with one attached hydrogen (secondary N) is 1. The number of amides is 2. The Morgan fingerprint density at radius 1 is 1.10 bits per heavy atom. The van der Waals surface area contributed by atoms with E-state index in [0.29, 0.717) is 34.6 Å². The monoisotopic (exact) mass is 557 g/mol. The fourth-order valence-electron chi connectivity index (χ4n) is 4.71. The van der Waals surface area contributed by atoms with Gasteiger partial charge in [-0.3, -0.25) is 14.8 Å². The number of nitrogens with zero attached hydrogens (tertiary/aromatic N) is 4. The van der Waals surface area contributed by atoms with E-state index in [0.717, 1.165) is 28.8 Å². The van der Waals surface area contributed by atoms with Gasteiger partial charge in [-0.2, -0.15) is 5.26 Å². The van der Waals surface area contributed by atoms with Gasteiger partial charge in [-0.1, -0.05) is 12.1 Å². The second kappa shape index (κ2) is 11.0. The molecule has 0 unspecified atom stereocenters. The minimum Gasteiger partial charge on any atom is -0.444 e. The molecule has 4 aromatic rings. The van der Waals surface area contributed by atoms with Gasteiger partial charge >= 0.3 is 6.09 Å². The highest BCUT2D eigenvalue weighted by atomic mass is 32.1. The van der Waals surface area contributed by atoms with E-state index in [9.17, 15) is 19.2 Å². The smallest absolute Gasteiger partial charge is 0.407 e. The van der Waals surface area contributed by atoms with Gasteiger partial charge < -0.3 is 15.0 Å². The van der Waals surface area contributed by atoms with Crippen LogP contribution in [0.1, 0.15) is 48.8 Å². The molecular formula is C30H28FN5O3S. The Hall–Kier alpha value is -4.36. The molecule has 0 aliphatic carbocycles. The van der Waals surface area contributed by atoms with Crippen LogP contribution in [0.2, 0.25) is 0 Å². The number of piperidine rings is 1. The van der Waals surface area contributed by atoms with Gasteiger partial charge in [0.2, 0.25) is 0 Å². The molecule has 2 aromatic carbocycles. The Kier molecular flexibility index (Phi) is 7.50. The lowest BCUT2D eigenvalue weighted by molar-refractivity contribution is 0.0453. The molecule has 1 fully saturated rings. The zero-order valence-corrected chi connectivity index (χ0v) is 23.2. The highest BCUT2D eigenvalue weighted by Crippen LogP contribution is 2.41. The van der Waals surface area contributed by atoms with Crippen LogP contribution in [-0.2, 0) is 4.74 Å². The molecule has 0 radical (unpaired) electrons. The minimum absolute atomic E-state index is 0.0466. The summed E-state index contributed by atoms with van der Waals surface area (Å²) in [6.45, 7) is 6.33. The first-order valence-corrected chi connectivity index (χ1v) is 13.8. The Bertz CT molecular complexity index is 1640. The van der Waals surface area contributed by atoms with E-state index in [2.05, 4.69) is 15.3 Å². The van der Waals surface area contributed by atoms with Gasteiger partial charge in [0.1, 0.15) is 17.5 Å². The number of halogens is 1. The number of nitriles is 1. The molecule has 2 aromatic heterocycles. The van der Waals surface area contributed by atoms with Crippen LogP contribution in [0.3, 0.4) is 0 Å². The number of ether oxygens (including phenoxy) is 1. The van der Waals surface area contributed by atoms with Crippen molar-refractivity contribution >= 4 is 34.4 Å². The zero-order chi connectivity index (χ0) is 28.4. The van der Waals surface area contributed by atoms with Gasteiger partial charge in [-0.25, -0.2) is 9.18 Å². The fraction of sp³-hybridized carbons (Fsp3) is 0.300. The average molecular weight is 558 g/mol. The number of carbonyl (C=O) groups is 2. The molecule has 10 heteroatoms. The summed E-state index contributed by atoms with van der Waals surface area (Å²) in [7, 11) is 0. The Morgan fingerprint density at radius 2 is 1.85 bits per heavy atom. The predicted molar refractivity (Wildman–Crippen MR) is 151 cm³/mol. The first kappa shape index (κ1) is 27.2. The van der Waals surface area contributed by atoms with E-state index in [4.69, 9.17) is 4.74 Å². The van der Waals surface area contributed by atoms with Crippen molar-refractivity contribution in [2.75, 3.05) is 13.1 Å². The maximum absolute atomic E-state index is 14.6. The molecule has 1 aliphatic rings. The molecule has 1 aliphatic heterocycles. The lowest BCUT2D eigenvalue weighted by atomic mass is 10.00. The molecule has 1 N–H and O–H groups in total. The van der Waals surface area contributed by atoms with Gasteiger partial charge in [0.25, 0.3) is 5.91 Å². The van der Waals surface area contributed by atoms with Crippen LogP contribution >= 0.6 is 11.3 Å². The molecule has 5 rings (SSSR count). The molecule has 3 heterocycles. The maximum atomic E-state index is 14.6. The van der Waals surface area contributed by atoms with Crippen molar-refractivity contribution in [3.8, 4) is 27.6 Å². The van der Waals surface area contributed by atoms with Crippen molar-refractivity contribution in [2.24, 2.45) is 0 Å². The Balaban J connectivity index is 1.48. The summed E-state index contributed by atoms with van der Waals surface area (Å²) >= 11 is 1.32. The van der Waals surface area contributed by atoms with Crippen molar-refractivity contribution in [1.29, 1.82) is 5.26 Å². The maximum Gasteiger partial charge on any atom is 0.407 e. The van der Waals surface area contributed by atoms with E-state index in [1.54, 1.807) is 50.2 Å². The third-order valence-electron chi connectivity index (χ3n) is 6.50. The van der Waals surface area contributed by atoms with E-state index in [1.165, 1.54) is 23.5 Å². The summed E-state index contributed by atoms with van der Waals surface area (Å²) in [5, 5.41) is 12.1. The van der Waals surface area contributed by atoms with E-state index >= 15 is 0 Å². The number of likely N-dealkylation sites (tertiary alicyclic amines) is 1. The van der Waals surface area contributed by atoms with Crippen molar-refractivity contribution in [2.45, 2.75) is 45.3 Å². The molecule has 2 amide bonds. The Labute approximate surface area is 235 Å². The molecule has 204 valence electrons. The summed E-state index contributed by atoms with van der Waals surface area (Å²) in [4.78, 5) is 37.8. The van der Waals surface area contributed by atoms with Crippen LogP contribution in [0.5, 0.6) is 0 Å². The van der Waals surface area contributed by atoms with Crippen LogP contribution in [-0.4, -0.2) is 51.6 Å². The van der Waals surface area contributed by atoms with Crippen LogP contribution in [0, 0.1) is 17.1 Å². The van der Waals surface area contributed by atoms with Gasteiger partial charge in [0.05, 0.1) is 21.5 Å². The van der Waals surface area contributed by atoms with Crippen LogP contribution in [0.25, 0.3) is 32.6 Å². The number of alkyl carbamates (subject to hydrolysis) is 1. The summed E-state index contributed by atoms with van der Waals surface area (Å²) in [5.41, 5.74) is 2.84. The molecule has 0 spiro atoms. The zero-order valence-electron chi connectivity index (χ0n) is 22.4. The van der Waals surface area contributed by atoms with Crippen LogP contribution in [0.15, 0.2) is 54.9 Å². The quantitative estimate of drug-likeness (QED) is 0.322. The number of rotatable bonds is 4. The van der Waals surface area contributed by atoms with Gasteiger partial charge in [-0.05, 0) is 75.1 Å². The molecule has 1 atom stereocenters. The molecule has 0 saturated carbocycles. The lowest BCUT2D eigenvalue weighted by Crippen LogP contribution is -2.50. The third kappa shape index (κ3) is 5.95. The average Bonchev–Trinajstić information content (AvgIpc) is 3.37. The molecule has 0 bridgehead atoms. The Morgan fingerprint density at radius 3 is 2.58 bits per heavy atom. The highest BCUT2D eigenvalue weighted by Gasteiger charge is 2.29. The van der Waals surface area contributed by atoms with Crippen molar-refractivity contribution in [3.63, 3.8) is 0 Å². The first-order chi connectivity index (χ1) is 19.1. The van der Waals surface area contributed by atoms with E-state index in [1.807, 2.05) is 24.3 Å². The second-order valence-corrected chi connectivity index (χ2v) is 11.7. The first-order valence-electron chi connectivity index (χ1n) is 12.9. The highest BCUT2D eigenvalue weighted by molar-refractivity contribution is 7.18. The second-order valence-electron chi connectivity index (χ2n) is 10.7. The van der Waals surface area contributed by atoms with Gasteiger partial charge in [0, 0.05) is 42.0 Å². The molecule has 8 nitrogen and oxygen atoms in total. The summed E-state index contributed by atoms with van der Waals surface area (Å²) < 4.78 is 20.0. The van der Waals surface area contributed by atoms with Gasteiger partial charge in [0.15, 0.2) is 0 Å².